The first-order valence-corrected chi connectivity index (χ1v) is 8.85. The van der Waals surface area contributed by atoms with Gasteiger partial charge in [-0.05, 0) is 38.1 Å². The Bertz CT molecular complexity index is 972. The summed E-state index contributed by atoms with van der Waals surface area (Å²) >= 11 is 0. The van der Waals surface area contributed by atoms with E-state index in [1.807, 2.05) is 56.3 Å². The first-order valence-electron chi connectivity index (χ1n) is 8.85. The smallest absolute Gasteiger partial charge is 0.329 e. The maximum atomic E-state index is 12.6. The highest BCUT2D eigenvalue weighted by Gasteiger charge is 2.13. The summed E-state index contributed by atoms with van der Waals surface area (Å²) in [5, 5.41) is 2.87. The molecule has 1 heterocycles. The van der Waals surface area contributed by atoms with Gasteiger partial charge in [-0.25, -0.2) is 4.79 Å². The molecule has 0 saturated carbocycles. The van der Waals surface area contributed by atoms with Crippen LogP contribution in [0, 0.1) is 0 Å². The van der Waals surface area contributed by atoms with E-state index in [0.29, 0.717) is 31.1 Å². The Kier molecular flexibility index (Phi) is 5.41. The zero-order valence-corrected chi connectivity index (χ0v) is 15.1. The predicted molar refractivity (Wildman–Crippen MR) is 103 cm³/mol. The maximum Gasteiger partial charge on any atom is 0.329 e. The van der Waals surface area contributed by atoms with E-state index in [1.165, 1.54) is 0 Å². The van der Waals surface area contributed by atoms with E-state index in [2.05, 4.69) is 5.32 Å². The van der Waals surface area contributed by atoms with E-state index in [0.717, 1.165) is 11.0 Å². The second kappa shape index (κ2) is 7.91. The molecule has 1 aromatic heterocycles. The summed E-state index contributed by atoms with van der Waals surface area (Å²) in [7, 11) is 0. The first-order chi connectivity index (χ1) is 12.7. The molecule has 1 amide bonds. The van der Waals surface area contributed by atoms with Gasteiger partial charge in [-0.15, -0.1) is 0 Å². The summed E-state index contributed by atoms with van der Waals surface area (Å²) in [6.45, 7) is 5.29. The van der Waals surface area contributed by atoms with Crippen molar-refractivity contribution >= 4 is 22.6 Å². The van der Waals surface area contributed by atoms with Crippen LogP contribution in [0.2, 0.25) is 0 Å². The number of imidazole rings is 1. The third kappa shape index (κ3) is 3.49. The van der Waals surface area contributed by atoms with Gasteiger partial charge in [0.05, 0.1) is 23.3 Å². The monoisotopic (exact) mass is 353 g/mol. The molecule has 3 rings (SSSR count). The van der Waals surface area contributed by atoms with Crippen LogP contribution in [0.4, 0.5) is 5.69 Å². The summed E-state index contributed by atoms with van der Waals surface area (Å²) in [6.07, 6.45) is 0.206. The minimum absolute atomic E-state index is 0.0868. The van der Waals surface area contributed by atoms with Crippen molar-refractivity contribution in [3.63, 3.8) is 0 Å². The zero-order valence-electron chi connectivity index (χ0n) is 15.1. The van der Waals surface area contributed by atoms with Crippen molar-refractivity contribution in [2.45, 2.75) is 33.4 Å². The molecule has 26 heavy (non-hydrogen) atoms. The molecule has 0 unspecified atom stereocenters. The third-order valence-electron chi connectivity index (χ3n) is 4.26. The third-order valence-corrected chi connectivity index (χ3v) is 4.26. The predicted octanol–water partition coefficient (Wildman–Crippen LogP) is 3.25. The number of para-hydroxylation sites is 4. The fraction of sp³-hybridized carbons (Fsp3) is 0.300. The van der Waals surface area contributed by atoms with E-state index < -0.39 is 0 Å². The number of aryl methyl sites for hydroxylation is 2. The molecule has 0 aliphatic rings. The minimum atomic E-state index is -0.155. The van der Waals surface area contributed by atoms with E-state index in [9.17, 15) is 9.59 Å². The molecule has 6 nitrogen and oxygen atoms in total. The van der Waals surface area contributed by atoms with Crippen molar-refractivity contribution in [1.29, 1.82) is 0 Å². The van der Waals surface area contributed by atoms with E-state index in [-0.39, 0.29) is 18.0 Å². The standard InChI is InChI=1S/C20H23N3O3/c1-3-22-16-10-6-7-11-17(16)23(20(22)25)14-13-19(24)21-15-9-5-8-12-18(15)26-4-2/h5-12H,3-4,13-14H2,1-2H3,(H,21,24). The number of benzene rings is 2. The molecule has 0 saturated heterocycles. The number of nitrogens with zero attached hydrogens (tertiary/aromatic N) is 2. The van der Waals surface area contributed by atoms with Crippen LogP contribution in [0.1, 0.15) is 20.3 Å². The molecule has 0 bridgehead atoms. The molecule has 0 aliphatic heterocycles. The average Bonchev–Trinajstić information content (AvgIpc) is 2.92. The van der Waals surface area contributed by atoms with Gasteiger partial charge < -0.3 is 10.1 Å². The van der Waals surface area contributed by atoms with Gasteiger partial charge in [0.2, 0.25) is 5.91 Å². The number of ether oxygens (including phenoxy) is 1. The number of nitrogens with one attached hydrogen (secondary N) is 1. The van der Waals surface area contributed by atoms with Gasteiger partial charge in [0.25, 0.3) is 0 Å². The number of anilines is 1. The Morgan fingerprint density at radius 1 is 1.00 bits per heavy atom. The topological polar surface area (TPSA) is 65.3 Å². The van der Waals surface area contributed by atoms with Crippen LogP contribution < -0.4 is 15.7 Å². The van der Waals surface area contributed by atoms with Crippen LogP contribution in [-0.2, 0) is 17.9 Å². The van der Waals surface area contributed by atoms with Gasteiger partial charge in [-0.2, -0.15) is 0 Å². The van der Waals surface area contributed by atoms with Crippen LogP contribution in [0.5, 0.6) is 5.75 Å². The van der Waals surface area contributed by atoms with Gasteiger partial charge in [0.15, 0.2) is 0 Å². The Labute approximate surface area is 152 Å². The Morgan fingerprint density at radius 3 is 2.35 bits per heavy atom. The Morgan fingerprint density at radius 2 is 1.65 bits per heavy atom. The molecule has 136 valence electrons. The second-order valence-electron chi connectivity index (χ2n) is 5.89. The quantitative estimate of drug-likeness (QED) is 0.709. The number of amides is 1. The highest BCUT2D eigenvalue weighted by molar-refractivity contribution is 5.92. The van der Waals surface area contributed by atoms with Gasteiger partial charge in [0.1, 0.15) is 5.75 Å². The van der Waals surface area contributed by atoms with Crippen molar-refractivity contribution < 1.29 is 9.53 Å². The lowest BCUT2D eigenvalue weighted by Crippen LogP contribution is -2.25. The van der Waals surface area contributed by atoms with Crippen molar-refractivity contribution in [3.8, 4) is 5.75 Å². The molecule has 2 aromatic carbocycles. The number of fused-ring (bicyclic) bond motifs is 1. The van der Waals surface area contributed by atoms with Crippen LogP contribution >= 0.6 is 0 Å². The van der Waals surface area contributed by atoms with Crippen molar-refractivity contribution in [3.05, 3.63) is 59.0 Å². The molecule has 0 aliphatic carbocycles. The lowest BCUT2D eigenvalue weighted by Gasteiger charge is -2.11. The maximum absolute atomic E-state index is 12.6. The first kappa shape index (κ1) is 17.8. The fourth-order valence-electron chi connectivity index (χ4n) is 3.07. The molecule has 0 radical (unpaired) electrons. The summed E-state index contributed by atoms with van der Waals surface area (Å²) in [5.41, 5.74) is 2.29. The van der Waals surface area contributed by atoms with Crippen molar-refractivity contribution in [2.75, 3.05) is 11.9 Å². The molecule has 0 spiro atoms. The highest BCUT2D eigenvalue weighted by Crippen LogP contribution is 2.23. The highest BCUT2D eigenvalue weighted by atomic mass is 16.5. The van der Waals surface area contributed by atoms with Gasteiger partial charge >= 0.3 is 5.69 Å². The lowest BCUT2D eigenvalue weighted by molar-refractivity contribution is -0.116. The molecular formula is C20H23N3O3. The molecular weight excluding hydrogens is 330 g/mol. The summed E-state index contributed by atoms with van der Waals surface area (Å²) in [6, 6.07) is 15.0. The zero-order chi connectivity index (χ0) is 18.5. The van der Waals surface area contributed by atoms with Crippen LogP contribution in [0.15, 0.2) is 53.3 Å². The van der Waals surface area contributed by atoms with Gasteiger partial charge in [0, 0.05) is 19.5 Å². The Hall–Kier alpha value is -3.02. The average molecular weight is 353 g/mol. The van der Waals surface area contributed by atoms with E-state index in [1.54, 1.807) is 15.2 Å². The number of carbonyl (C=O) groups excluding carboxylic acids is 1. The number of hydrogen-bond donors (Lipinski definition) is 1. The fourth-order valence-corrected chi connectivity index (χ4v) is 3.07. The number of hydrogen-bond acceptors (Lipinski definition) is 3. The second-order valence-corrected chi connectivity index (χ2v) is 5.89. The van der Waals surface area contributed by atoms with Gasteiger partial charge in [-0.1, -0.05) is 24.3 Å². The number of carbonyl (C=O) groups is 1. The molecule has 3 aromatic rings. The van der Waals surface area contributed by atoms with Crippen LogP contribution in [0.3, 0.4) is 0 Å². The summed E-state index contributed by atoms with van der Waals surface area (Å²) < 4.78 is 8.90. The van der Waals surface area contributed by atoms with Crippen molar-refractivity contribution in [1.82, 2.24) is 9.13 Å². The summed E-state index contributed by atoms with van der Waals surface area (Å²) in [4.78, 5) is 25.0. The van der Waals surface area contributed by atoms with Crippen LogP contribution in [0.25, 0.3) is 11.0 Å². The molecule has 1 N–H and O–H groups in total. The molecule has 0 atom stereocenters. The lowest BCUT2D eigenvalue weighted by atomic mass is 10.2. The normalized spacial score (nSPS) is 10.8. The van der Waals surface area contributed by atoms with Crippen molar-refractivity contribution in [2.24, 2.45) is 0 Å². The van der Waals surface area contributed by atoms with Crippen LogP contribution in [-0.4, -0.2) is 21.6 Å². The van der Waals surface area contributed by atoms with E-state index >= 15 is 0 Å². The van der Waals surface area contributed by atoms with Gasteiger partial charge in [-0.3, -0.25) is 13.9 Å². The minimum Gasteiger partial charge on any atom is -0.492 e. The Balaban J connectivity index is 1.76. The van der Waals surface area contributed by atoms with E-state index in [4.69, 9.17) is 4.74 Å². The summed E-state index contributed by atoms with van der Waals surface area (Å²) in [5.74, 6) is 0.487. The SMILES string of the molecule is CCOc1ccccc1NC(=O)CCn1c(=O)n(CC)c2ccccc21. The molecule has 6 heteroatoms. The molecule has 0 fully saturated rings. The number of rotatable bonds is 7. The largest absolute Gasteiger partial charge is 0.492 e. The number of aromatic nitrogens is 2.